The molecule has 0 amide bonds. The summed E-state index contributed by atoms with van der Waals surface area (Å²) in [5.74, 6) is 0.384. The molecule has 0 radical (unpaired) electrons. The van der Waals surface area contributed by atoms with E-state index < -0.39 is 0 Å². The number of phenols is 1. The third-order valence-electron chi connectivity index (χ3n) is 4.98. The van der Waals surface area contributed by atoms with Crippen LogP contribution in [-0.2, 0) is 12.8 Å². The molecule has 0 heterocycles. The second kappa shape index (κ2) is 5.19. The largest absolute Gasteiger partial charge is 0.508 e. The Labute approximate surface area is 125 Å². The van der Waals surface area contributed by atoms with Gasteiger partial charge < -0.3 is 10.4 Å². The standard InChI is InChI=1S/C19H21NO/c21-15-10-8-14-5-3-7-18(17(14)12-15)20-19-11-9-13-4-1-2-6-16(13)19/h1-2,4,6,8,10,12,18-21H,3,5,7,9,11H2. The number of rotatable bonds is 2. The van der Waals surface area contributed by atoms with Gasteiger partial charge in [-0.3, -0.25) is 0 Å². The lowest BCUT2D eigenvalue weighted by molar-refractivity contribution is 0.395. The fraction of sp³-hybridized carbons (Fsp3) is 0.368. The van der Waals surface area contributed by atoms with Crippen molar-refractivity contribution in [1.29, 1.82) is 0 Å². The molecule has 0 saturated carbocycles. The number of benzene rings is 2. The van der Waals surface area contributed by atoms with Crippen molar-refractivity contribution in [3.8, 4) is 5.75 Å². The number of phenolic OH excluding ortho intramolecular Hbond substituents is 1. The second-order valence-corrected chi connectivity index (χ2v) is 6.28. The molecular formula is C19H21NO. The van der Waals surface area contributed by atoms with Crippen molar-refractivity contribution in [2.75, 3.05) is 0 Å². The SMILES string of the molecule is Oc1ccc2c(c1)C(NC1CCc3ccccc31)CCC2. The fourth-order valence-electron chi connectivity index (χ4n) is 3.93. The molecule has 0 bridgehead atoms. The van der Waals surface area contributed by atoms with Crippen molar-refractivity contribution in [3.05, 3.63) is 64.7 Å². The van der Waals surface area contributed by atoms with Gasteiger partial charge in [0.1, 0.15) is 5.75 Å². The molecule has 2 nitrogen and oxygen atoms in total. The molecule has 2 unspecified atom stereocenters. The maximum Gasteiger partial charge on any atom is 0.115 e. The van der Waals surface area contributed by atoms with Crippen LogP contribution in [0.2, 0.25) is 0 Å². The van der Waals surface area contributed by atoms with Crippen LogP contribution in [0.25, 0.3) is 0 Å². The highest BCUT2D eigenvalue weighted by atomic mass is 16.3. The van der Waals surface area contributed by atoms with Gasteiger partial charge in [-0.2, -0.15) is 0 Å². The summed E-state index contributed by atoms with van der Waals surface area (Å²) < 4.78 is 0. The topological polar surface area (TPSA) is 32.3 Å². The number of nitrogens with one attached hydrogen (secondary N) is 1. The molecule has 21 heavy (non-hydrogen) atoms. The molecule has 0 saturated heterocycles. The van der Waals surface area contributed by atoms with Crippen molar-refractivity contribution < 1.29 is 5.11 Å². The van der Waals surface area contributed by atoms with Crippen LogP contribution in [0.3, 0.4) is 0 Å². The predicted octanol–water partition coefficient (Wildman–Crippen LogP) is 4.05. The minimum atomic E-state index is 0.372. The van der Waals surface area contributed by atoms with Gasteiger partial charge in [0.15, 0.2) is 0 Å². The second-order valence-electron chi connectivity index (χ2n) is 6.28. The highest BCUT2D eigenvalue weighted by Gasteiger charge is 2.27. The Hall–Kier alpha value is -1.80. The zero-order valence-electron chi connectivity index (χ0n) is 12.2. The lowest BCUT2D eigenvalue weighted by Gasteiger charge is -2.29. The van der Waals surface area contributed by atoms with Crippen molar-refractivity contribution in [3.63, 3.8) is 0 Å². The van der Waals surface area contributed by atoms with E-state index in [1.165, 1.54) is 41.5 Å². The van der Waals surface area contributed by atoms with Crippen LogP contribution >= 0.6 is 0 Å². The van der Waals surface area contributed by atoms with Crippen molar-refractivity contribution in [2.24, 2.45) is 0 Å². The fourth-order valence-corrected chi connectivity index (χ4v) is 3.93. The molecule has 2 atom stereocenters. The predicted molar refractivity (Wildman–Crippen MR) is 84.4 cm³/mol. The summed E-state index contributed by atoms with van der Waals surface area (Å²) >= 11 is 0. The van der Waals surface area contributed by atoms with Gasteiger partial charge in [-0.1, -0.05) is 30.3 Å². The minimum absolute atomic E-state index is 0.372. The summed E-state index contributed by atoms with van der Waals surface area (Å²) in [6, 6.07) is 15.5. The first-order valence-corrected chi connectivity index (χ1v) is 7.97. The van der Waals surface area contributed by atoms with Crippen LogP contribution in [0.15, 0.2) is 42.5 Å². The molecule has 0 aromatic heterocycles. The molecule has 2 aromatic carbocycles. The summed E-state index contributed by atoms with van der Waals surface area (Å²) in [6.45, 7) is 0. The average molecular weight is 279 g/mol. The Morgan fingerprint density at radius 3 is 2.62 bits per heavy atom. The maximum atomic E-state index is 9.80. The third-order valence-corrected chi connectivity index (χ3v) is 4.98. The maximum absolute atomic E-state index is 9.80. The number of aryl methyl sites for hydroxylation is 2. The Bertz CT molecular complexity index is 664. The summed E-state index contributed by atoms with van der Waals surface area (Å²) in [4.78, 5) is 0. The Morgan fingerprint density at radius 1 is 0.857 bits per heavy atom. The number of aromatic hydroxyl groups is 1. The van der Waals surface area contributed by atoms with Crippen LogP contribution in [0, 0.1) is 0 Å². The van der Waals surface area contributed by atoms with Gasteiger partial charge in [0.05, 0.1) is 0 Å². The van der Waals surface area contributed by atoms with Crippen molar-refractivity contribution in [2.45, 2.75) is 44.2 Å². The first-order chi connectivity index (χ1) is 10.3. The molecule has 2 aromatic rings. The number of hydrogen-bond donors (Lipinski definition) is 2. The molecule has 0 aliphatic heterocycles. The van der Waals surface area contributed by atoms with Crippen LogP contribution in [0.5, 0.6) is 5.75 Å². The number of fused-ring (bicyclic) bond motifs is 2. The number of hydrogen-bond acceptors (Lipinski definition) is 2. The highest BCUT2D eigenvalue weighted by molar-refractivity contribution is 5.40. The van der Waals surface area contributed by atoms with Crippen LogP contribution in [-0.4, -0.2) is 5.11 Å². The quantitative estimate of drug-likeness (QED) is 0.869. The first kappa shape index (κ1) is 12.9. The van der Waals surface area contributed by atoms with Crippen LogP contribution in [0.4, 0.5) is 0 Å². The molecule has 2 heteroatoms. The molecule has 2 N–H and O–H groups in total. The summed E-state index contributed by atoms with van der Waals surface area (Å²) in [7, 11) is 0. The van der Waals surface area contributed by atoms with E-state index in [1.54, 1.807) is 0 Å². The van der Waals surface area contributed by atoms with E-state index in [0.29, 0.717) is 17.8 Å². The van der Waals surface area contributed by atoms with Gasteiger partial charge in [0, 0.05) is 12.1 Å². The monoisotopic (exact) mass is 279 g/mol. The Morgan fingerprint density at radius 2 is 1.67 bits per heavy atom. The molecule has 0 fully saturated rings. The van der Waals surface area contributed by atoms with E-state index in [1.807, 2.05) is 12.1 Å². The van der Waals surface area contributed by atoms with E-state index in [2.05, 4.69) is 35.6 Å². The Balaban J connectivity index is 1.61. The van der Waals surface area contributed by atoms with E-state index in [4.69, 9.17) is 0 Å². The highest BCUT2D eigenvalue weighted by Crippen LogP contribution is 2.37. The van der Waals surface area contributed by atoms with E-state index in [0.717, 1.165) is 12.8 Å². The van der Waals surface area contributed by atoms with E-state index in [-0.39, 0.29) is 0 Å². The molecular weight excluding hydrogens is 258 g/mol. The molecule has 4 rings (SSSR count). The molecule has 2 aliphatic rings. The van der Waals surface area contributed by atoms with E-state index in [9.17, 15) is 5.11 Å². The van der Waals surface area contributed by atoms with Crippen LogP contribution in [0.1, 0.15) is 53.6 Å². The zero-order chi connectivity index (χ0) is 14.2. The molecule has 0 spiro atoms. The van der Waals surface area contributed by atoms with Gasteiger partial charge in [-0.25, -0.2) is 0 Å². The Kier molecular flexibility index (Phi) is 3.19. The molecule has 108 valence electrons. The van der Waals surface area contributed by atoms with Crippen molar-refractivity contribution >= 4 is 0 Å². The smallest absolute Gasteiger partial charge is 0.115 e. The summed E-state index contributed by atoms with van der Waals surface area (Å²) in [6.07, 6.45) is 5.88. The molecule has 2 aliphatic carbocycles. The summed E-state index contributed by atoms with van der Waals surface area (Å²) in [5, 5.41) is 13.6. The average Bonchev–Trinajstić information content (AvgIpc) is 2.91. The van der Waals surface area contributed by atoms with Gasteiger partial charge in [0.2, 0.25) is 0 Å². The van der Waals surface area contributed by atoms with Crippen molar-refractivity contribution in [1.82, 2.24) is 5.32 Å². The minimum Gasteiger partial charge on any atom is -0.508 e. The lowest BCUT2D eigenvalue weighted by Crippen LogP contribution is -2.28. The first-order valence-electron chi connectivity index (χ1n) is 7.97. The van der Waals surface area contributed by atoms with Gasteiger partial charge in [-0.05, 0) is 66.5 Å². The zero-order valence-corrected chi connectivity index (χ0v) is 12.2. The van der Waals surface area contributed by atoms with Gasteiger partial charge >= 0.3 is 0 Å². The lowest BCUT2D eigenvalue weighted by atomic mass is 9.87. The normalized spacial score (nSPS) is 23.6. The van der Waals surface area contributed by atoms with E-state index >= 15 is 0 Å². The van der Waals surface area contributed by atoms with Gasteiger partial charge in [-0.15, -0.1) is 0 Å². The summed E-state index contributed by atoms with van der Waals surface area (Å²) in [5.41, 5.74) is 5.64. The van der Waals surface area contributed by atoms with Gasteiger partial charge in [0.25, 0.3) is 0 Å². The van der Waals surface area contributed by atoms with Crippen LogP contribution < -0.4 is 5.32 Å². The third kappa shape index (κ3) is 2.34.